The van der Waals surface area contributed by atoms with Gasteiger partial charge in [-0.3, -0.25) is 4.79 Å². The average Bonchev–Trinajstić information content (AvgIpc) is 2.86. The van der Waals surface area contributed by atoms with E-state index in [0.717, 1.165) is 6.42 Å². The number of hydrogen-bond acceptors (Lipinski definition) is 5. The Morgan fingerprint density at radius 3 is 3.11 bits per heavy atom. The number of nitrogens with two attached hydrogens (primary N) is 1. The Labute approximate surface area is 111 Å². The van der Waals surface area contributed by atoms with Crippen molar-refractivity contribution in [2.45, 2.75) is 30.6 Å². The van der Waals surface area contributed by atoms with Crippen molar-refractivity contribution in [2.24, 2.45) is 5.84 Å². The molecule has 0 aliphatic heterocycles. The Morgan fingerprint density at radius 2 is 2.39 bits per heavy atom. The maximum atomic E-state index is 12.1. The molecule has 5 nitrogen and oxygen atoms in total. The number of anilines is 1. The molecule has 1 saturated carbocycles. The predicted octanol–water partition coefficient (Wildman–Crippen LogP) is 1.38. The fourth-order valence-electron chi connectivity index (χ4n) is 2.28. The van der Waals surface area contributed by atoms with Crippen LogP contribution >= 0.6 is 11.8 Å². The second kappa shape index (κ2) is 6.06. The summed E-state index contributed by atoms with van der Waals surface area (Å²) in [5.41, 5.74) is 3.03. The molecular weight excluding hydrogens is 248 g/mol. The normalized spacial score (nSPS) is 22.8. The summed E-state index contributed by atoms with van der Waals surface area (Å²) < 4.78 is 0. The largest absolute Gasteiger partial charge is 0.348 e. The summed E-state index contributed by atoms with van der Waals surface area (Å²) in [4.78, 5) is 16.1. The van der Waals surface area contributed by atoms with Crippen LogP contribution in [0.1, 0.15) is 29.6 Å². The van der Waals surface area contributed by atoms with Crippen LogP contribution in [0, 0.1) is 0 Å². The van der Waals surface area contributed by atoms with Gasteiger partial charge in [-0.1, -0.05) is 6.42 Å². The highest BCUT2D eigenvalue weighted by Crippen LogP contribution is 2.28. The number of nitrogen functional groups attached to an aromatic ring is 1. The van der Waals surface area contributed by atoms with Crippen molar-refractivity contribution in [1.82, 2.24) is 10.3 Å². The lowest BCUT2D eigenvalue weighted by molar-refractivity contribution is 0.0938. The van der Waals surface area contributed by atoms with Gasteiger partial charge in [0.1, 0.15) is 5.82 Å². The number of rotatable bonds is 4. The van der Waals surface area contributed by atoms with Crippen LogP contribution in [-0.2, 0) is 0 Å². The number of nitrogens with zero attached hydrogens (tertiary/aromatic N) is 1. The van der Waals surface area contributed by atoms with Gasteiger partial charge in [-0.15, -0.1) is 0 Å². The minimum absolute atomic E-state index is 0.0557. The van der Waals surface area contributed by atoms with Crippen molar-refractivity contribution >= 4 is 23.5 Å². The molecular formula is C12H18N4OS. The highest BCUT2D eigenvalue weighted by atomic mass is 32.2. The molecule has 1 aliphatic rings. The molecule has 2 rings (SSSR count). The second-order valence-corrected chi connectivity index (χ2v) is 5.44. The second-order valence-electron chi connectivity index (χ2n) is 4.36. The van der Waals surface area contributed by atoms with E-state index < -0.39 is 0 Å². The predicted molar refractivity (Wildman–Crippen MR) is 74.5 cm³/mol. The zero-order chi connectivity index (χ0) is 13.0. The van der Waals surface area contributed by atoms with E-state index in [1.807, 2.05) is 11.8 Å². The van der Waals surface area contributed by atoms with E-state index in [2.05, 4.69) is 22.0 Å². The van der Waals surface area contributed by atoms with Crippen molar-refractivity contribution in [1.29, 1.82) is 0 Å². The average molecular weight is 266 g/mol. The van der Waals surface area contributed by atoms with E-state index in [9.17, 15) is 4.79 Å². The van der Waals surface area contributed by atoms with Gasteiger partial charge in [-0.05, 0) is 31.2 Å². The van der Waals surface area contributed by atoms with Crippen molar-refractivity contribution in [3.05, 3.63) is 23.9 Å². The van der Waals surface area contributed by atoms with E-state index >= 15 is 0 Å². The minimum Gasteiger partial charge on any atom is -0.348 e. The molecule has 98 valence electrons. The van der Waals surface area contributed by atoms with Gasteiger partial charge >= 0.3 is 0 Å². The fourth-order valence-corrected chi connectivity index (χ4v) is 3.21. The number of aromatic nitrogens is 1. The summed E-state index contributed by atoms with van der Waals surface area (Å²) in [5, 5.41) is 3.62. The number of hydrazine groups is 1. The van der Waals surface area contributed by atoms with Gasteiger partial charge < -0.3 is 10.7 Å². The van der Waals surface area contributed by atoms with Gasteiger partial charge in [-0.2, -0.15) is 11.8 Å². The number of hydrogen-bond donors (Lipinski definition) is 3. The van der Waals surface area contributed by atoms with Crippen molar-refractivity contribution in [3.8, 4) is 0 Å². The topological polar surface area (TPSA) is 80.0 Å². The van der Waals surface area contributed by atoms with Gasteiger partial charge in [0.05, 0.1) is 0 Å². The molecule has 6 heteroatoms. The summed E-state index contributed by atoms with van der Waals surface area (Å²) in [6.45, 7) is 0. The molecule has 0 saturated heterocycles. The lowest BCUT2D eigenvalue weighted by Crippen LogP contribution is -2.38. The van der Waals surface area contributed by atoms with Crippen LogP contribution in [0.25, 0.3) is 0 Å². The number of thioether (sulfide) groups is 1. The van der Waals surface area contributed by atoms with Crippen LogP contribution in [0.2, 0.25) is 0 Å². The Bertz CT molecular complexity index is 426. The van der Waals surface area contributed by atoms with Crippen LogP contribution in [-0.4, -0.2) is 28.4 Å². The first kappa shape index (κ1) is 13.2. The summed E-state index contributed by atoms with van der Waals surface area (Å²) >= 11 is 1.83. The van der Waals surface area contributed by atoms with Gasteiger partial charge in [0.15, 0.2) is 0 Å². The SMILES string of the molecule is CSC1CCCC1NC(=O)c1ccnc(NN)c1. The molecule has 2 unspecified atom stereocenters. The van der Waals surface area contributed by atoms with Gasteiger partial charge in [-0.25, -0.2) is 10.8 Å². The smallest absolute Gasteiger partial charge is 0.251 e. The Morgan fingerprint density at radius 1 is 1.56 bits per heavy atom. The van der Waals surface area contributed by atoms with E-state index in [4.69, 9.17) is 5.84 Å². The molecule has 0 spiro atoms. The molecule has 1 amide bonds. The van der Waals surface area contributed by atoms with Gasteiger partial charge in [0.25, 0.3) is 5.91 Å². The molecule has 18 heavy (non-hydrogen) atoms. The third-order valence-electron chi connectivity index (χ3n) is 3.24. The fraction of sp³-hybridized carbons (Fsp3) is 0.500. The molecule has 0 bridgehead atoms. The molecule has 4 N–H and O–H groups in total. The number of pyridine rings is 1. The Balaban J connectivity index is 2.02. The van der Waals surface area contributed by atoms with Crippen LogP contribution in [0.3, 0.4) is 0 Å². The minimum atomic E-state index is -0.0557. The summed E-state index contributed by atoms with van der Waals surface area (Å²) in [7, 11) is 0. The standard InChI is InChI=1S/C12H18N4OS/c1-18-10-4-2-3-9(10)15-12(17)8-5-6-14-11(7-8)16-13/h5-7,9-10H,2-4,13H2,1H3,(H,14,16)(H,15,17). The van der Waals surface area contributed by atoms with E-state index in [0.29, 0.717) is 16.6 Å². The maximum absolute atomic E-state index is 12.1. The molecule has 1 aromatic heterocycles. The number of amides is 1. The van der Waals surface area contributed by atoms with Crippen LogP contribution < -0.4 is 16.6 Å². The first-order valence-electron chi connectivity index (χ1n) is 6.01. The number of nitrogens with one attached hydrogen (secondary N) is 2. The molecule has 0 radical (unpaired) electrons. The van der Waals surface area contributed by atoms with Gasteiger partial charge in [0, 0.05) is 23.1 Å². The van der Waals surface area contributed by atoms with Gasteiger partial charge in [0.2, 0.25) is 0 Å². The highest BCUT2D eigenvalue weighted by Gasteiger charge is 2.27. The Kier molecular flexibility index (Phi) is 4.43. The summed E-state index contributed by atoms with van der Waals surface area (Å²) in [5.74, 6) is 5.72. The molecule has 1 aliphatic carbocycles. The Hall–Kier alpha value is -1.27. The highest BCUT2D eigenvalue weighted by molar-refractivity contribution is 7.99. The first-order chi connectivity index (χ1) is 8.74. The third kappa shape index (κ3) is 2.94. The molecule has 1 fully saturated rings. The lowest BCUT2D eigenvalue weighted by atomic mass is 10.2. The zero-order valence-electron chi connectivity index (χ0n) is 10.3. The maximum Gasteiger partial charge on any atom is 0.251 e. The molecule has 2 atom stereocenters. The number of carbonyl (C=O) groups is 1. The van der Waals surface area contributed by atoms with Crippen molar-refractivity contribution < 1.29 is 4.79 Å². The monoisotopic (exact) mass is 266 g/mol. The van der Waals surface area contributed by atoms with Crippen LogP contribution in [0.5, 0.6) is 0 Å². The number of carbonyl (C=O) groups excluding carboxylic acids is 1. The van der Waals surface area contributed by atoms with Crippen LogP contribution in [0.4, 0.5) is 5.82 Å². The third-order valence-corrected chi connectivity index (χ3v) is 4.41. The molecule has 1 aromatic rings. The van der Waals surface area contributed by atoms with Crippen molar-refractivity contribution in [2.75, 3.05) is 11.7 Å². The van der Waals surface area contributed by atoms with Crippen LogP contribution in [0.15, 0.2) is 18.3 Å². The molecule has 1 heterocycles. The summed E-state index contributed by atoms with van der Waals surface area (Å²) in [6.07, 6.45) is 7.09. The summed E-state index contributed by atoms with van der Waals surface area (Å²) in [6, 6.07) is 3.62. The quantitative estimate of drug-likeness (QED) is 0.567. The van der Waals surface area contributed by atoms with E-state index in [1.54, 1.807) is 18.3 Å². The zero-order valence-corrected chi connectivity index (χ0v) is 11.2. The first-order valence-corrected chi connectivity index (χ1v) is 7.29. The molecule has 0 aromatic carbocycles. The lowest BCUT2D eigenvalue weighted by Gasteiger charge is -2.19. The van der Waals surface area contributed by atoms with E-state index in [-0.39, 0.29) is 11.9 Å². The van der Waals surface area contributed by atoms with E-state index in [1.165, 1.54) is 12.8 Å². The van der Waals surface area contributed by atoms with Crippen molar-refractivity contribution in [3.63, 3.8) is 0 Å².